The second-order valence-corrected chi connectivity index (χ2v) is 9.49. The van der Waals surface area contributed by atoms with Crippen molar-refractivity contribution in [2.75, 3.05) is 0 Å². The number of carboxylic acid groups (broad SMARTS) is 1. The number of nitrogens with zero attached hydrogens (tertiary/aromatic N) is 8. The van der Waals surface area contributed by atoms with E-state index in [4.69, 9.17) is 21.7 Å². The number of aromatic carboxylic acids is 1. The normalized spacial score (nSPS) is 14.0. The molecule has 1 atom stereocenters. The summed E-state index contributed by atoms with van der Waals surface area (Å²) in [4.78, 5) is 16.0. The fourth-order valence-corrected chi connectivity index (χ4v) is 4.52. The van der Waals surface area contributed by atoms with Gasteiger partial charge in [0, 0.05) is 27.9 Å². The molecule has 11 heteroatoms. The second-order valence-electron chi connectivity index (χ2n) is 9.05. The Balaban J connectivity index is 1.31. The molecule has 6 rings (SSSR count). The molecule has 1 aliphatic rings. The van der Waals surface area contributed by atoms with Gasteiger partial charge in [-0.2, -0.15) is 4.68 Å². The minimum Gasteiger partial charge on any atom is -0.478 e. The zero-order valence-electron chi connectivity index (χ0n) is 19.5. The molecule has 1 fully saturated rings. The summed E-state index contributed by atoms with van der Waals surface area (Å²) < 4.78 is 3.45. The van der Waals surface area contributed by atoms with Crippen LogP contribution in [0.25, 0.3) is 28.1 Å². The number of tetrazole rings is 1. The van der Waals surface area contributed by atoms with Gasteiger partial charge in [-0.15, -0.1) is 10.2 Å². The van der Waals surface area contributed by atoms with E-state index in [-0.39, 0.29) is 11.6 Å². The summed E-state index contributed by atoms with van der Waals surface area (Å²) in [5.74, 6) is -0.328. The van der Waals surface area contributed by atoms with Crippen LogP contribution in [0.4, 0.5) is 0 Å². The molecule has 0 aliphatic heterocycles. The van der Waals surface area contributed by atoms with Gasteiger partial charge >= 0.3 is 5.97 Å². The number of pyridine rings is 1. The fourth-order valence-electron chi connectivity index (χ4n) is 4.35. The highest BCUT2D eigenvalue weighted by molar-refractivity contribution is 6.31. The third kappa shape index (κ3) is 4.83. The average molecular weight is 513 g/mol. The van der Waals surface area contributed by atoms with Gasteiger partial charge < -0.3 is 5.11 Å². The summed E-state index contributed by atoms with van der Waals surface area (Å²) in [6, 6.07) is 16.1. The molecule has 10 nitrogen and oxygen atoms in total. The van der Waals surface area contributed by atoms with Crippen LogP contribution in [0.3, 0.4) is 0 Å². The van der Waals surface area contributed by atoms with Gasteiger partial charge in [0.25, 0.3) is 0 Å². The third-order valence-electron chi connectivity index (χ3n) is 6.50. The molecule has 0 radical (unpaired) electrons. The first-order valence-corrected chi connectivity index (χ1v) is 12.2. The van der Waals surface area contributed by atoms with Crippen LogP contribution in [0, 0.1) is 5.92 Å². The Morgan fingerprint density at radius 2 is 1.86 bits per heavy atom. The summed E-state index contributed by atoms with van der Waals surface area (Å²) in [6.07, 6.45) is 8.58. The van der Waals surface area contributed by atoms with Crippen molar-refractivity contribution in [3.8, 4) is 28.1 Å². The third-order valence-corrected chi connectivity index (χ3v) is 6.74. The summed E-state index contributed by atoms with van der Waals surface area (Å²) in [5.41, 5.74) is 5.16. The first-order chi connectivity index (χ1) is 18.0. The van der Waals surface area contributed by atoms with Gasteiger partial charge in [-0.25, -0.2) is 9.48 Å². The van der Waals surface area contributed by atoms with Crippen LogP contribution in [-0.4, -0.2) is 51.3 Å². The molecule has 1 N–H and O–H groups in total. The molecule has 1 saturated carbocycles. The molecule has 0 bridgehead atoms. The van der Waals surface area contributed by atoms with Crippen LogP contribution < -0.4 is 0 Å². The lowest BCUT2D eigenvalue weighted by Crippen LogP contribution is -2.14. The number of rotatable bonds is 8. The van der Waals surface area contributed by atoms with E-state index in [1.54, 1.807) is 35.0 Å². The van der Waals surface area contributed by atoms with Crippen molar-refractivity contribution in [2.24, 2.45) is 5.92 Å². The molecule has 2 aromatic carbocycles. The highest BCUT2D eigenvalue weighted by Crippen LogP contribution is 2.39. The molecule has 3 heterocycles. The van der Waals surface area contributed by atoms with Crippen molar-refractivity contribution in [3.05, 3.63) is 89.6 Å². The number of halogens is 1. The van der Waals surface area contributed by atoms with Gasteiger partial charge in [-0.05, 0) is 59.2 Å². The minimum atomic E-state index is -0.961. The molecule has 0 spiro atoms. The molecular weight excluding hydrogens is 492 g/mol. The molecule has 5 aromatic rings. The Morgan fingerprint density at radius 1 is 1.05 bits per heavy atom. The van der Waals surface area contributed by atoms with Crippen molar-refractivity contribution in [3.63, 3.8) is 0 Å². The van der Waals surface area contributed by atoms with E-state index in [2.05, 4.69) is 25.8 Å². The van der Waals surface area contributed by atoms with E-state index in [0.717, 1.165) is 34.5 Å². The van der Waals surface area contributed by atoms with Crippen LogP contribution in [0.2, 0.25) is 5.02 Å². The Bertz CT molecular complexity index is 1540. The van der Waals surface area contributed by atoms with Gasteiger partial charge in [0.2, 0.25) is 0 Å². The zero-order chi connectivity index (χ0) is 25.4. The summed E-state index contributed by atoms with van der Waals surface area (Å²) in [6.45, 7) is 0. The van der Waals surface area contributed by atoms with Crippen LogP contribution in [-0.2, 0) is 0 Å². The molecule has 1 aliphatic carbocycles. The van der Waals surface area contributed by atoms with Gasteiger partial charge in [0.05, 0.1) is 29.2 Å². The van der Waals surface area contributed by atoms with E-state index in [9.17, 15) is 4.79 Å². The van der Waals surface area contributed by atoms with Crippen molar-refractivity contribution in [1.29, 1.82) is 0 Å². The number of hydrogen-bond donors (Lipinski definition) is 1. The van der Waals surface area contributed by atoms with E-state index in [1.807, 2.05) is 41.3 Å². The Kier molecular flexibility index (Phi) is 5.93. The van der Waals surface area contributed by atoms with Crippen LogP contribution >= 0.6 is 11.6 Å². The Morgan fingerprint density at radius 3 is 2.54 bits per heavy atom. The number of carbonyl (C=O) groups is 1. The highest BCUT2D eigenvalue weighted by atomic mass is 35.5. The molecular formula is C26H21ClN8O2. The van der Waals surface area contributed by atoms with Crippen molar-refractivity contribution < 1.29 is 9.90 Å². The van der Waals surface area contributed by atoms with E-state index >= 15 is 0 Å². The standard InChI is InChI=1S/C26H21ClN8O2/c27-20-8-10-24(35-15-29-31-33-35)21(12-20)19-7-9-22(28-13-19)25(11-16-1-2-16)34-14-23(30-32-34)17-3-5-18(6-4-17)26(36)37/h3-10,12-16,25H,1-2,11H2,(H,36,37). The fraction of sp³-hybridized carbons (Fsp3) is 0.192. The van der Waals surface area contributed by atoms with E-state index < -0.39 is 5.97 Å². The number of carboxylic acids is 1. The predicted molar refractivity (Wildman–Crippen MR) is 135 cm³/mol. The average Bonchev–Trinajstić information content (AvgIpc) is 3.36. The molecule has 0 saturated heterocycles. The Labute approximate surface area is 216 Å². The first kappa shape index (κ1) is 23.0. The van der Waals surface area contributed by atoms with Gasteiger partial charge in [0.15, 0.2) is 0 Å². The zero-order valence-corrected chi connectivity index (χ0v) is 20.3. The number of benzene rings is 2. The van der Waals surface area contributed by atoms with E-state index in [1.165, 1.54) is 19.2 Å². The largest absolute Gasteiger partial charge is 0.478 e. The van der Waals surface area contributed by atoms with Crippen molar-refractivity contribution in [2.45, 2.75) is 25.3 Å². The van der Waals surface area contributed by atoms with Gasteiger partial charge in [-0.1, -0.05) is 47.9 Å². The summed E-state index contributed by atoms with van der Waals surface area (Å²) in [5, 5.41) is 30.0. The maximum absolute atomic E-state index is 11.2. The van der Waals surface area contributed by atoms with Crippen LogP contribution in [0.1, 0.15) is 41.4 Å². The maximum Gasteiger partial charge on any atom is 0.335 e. The van der Waals surface area contributed by atoms with Crippen molar-refractivity contribution >= 4 is 17.6 Å². The lowest BCUT2D eigenvalue weighted by molar-refractivity contribution is 0.0697. The first-order valence-electron chi connectivity index (χ1n) is 11.8. The van der Waals surface area contributed by atoms with Gasteiger partial charge in [-0.3, -0.25) is 4.98 Å². The second kappa shape index (κ2) is 9.55. The van der Waals surface area contributed by atoms with Gasteiger partial charge in [0.1, 0.15) is 12.0 Å². The molecule has 37 heavy (non-hydrogen) atoms. The lowest BCUT2D eigenvalue weighted by Gasteiger charge is -2.17. The lowest BCUT2D eigenvalue weighted by atomic mass is 10.0. The quantitative estimate of drug-likeness (QED) is 0.316. The van der Waals surface area contributed by atoms with Crippen LogP contribution in [0.5, 0.6) is 0 Å². The minimum absolute atomic E-state index is 0.0700. The molecule has 184 valence electrons. The SMILES string of the molecule is O=C(O)c1ccc(-c2cn(C(CC3CC3)c3ccc(-c4cc(Cl)ccc4-n4cnnn4)cn3)nn2)cc1. The number of hydrogen-bond acceptors (Lipinski definition) is 7. The predicted octanol–water partition coefficient (Wildman–Crippen LogP) is 4.72. The number of aromatic nitrogens is 8. The summed E-state index contributed by atoms with van der Waals surface area (Å²) in [7, 11) is 0. The molecule has 3 aromatic heterocycles. The molecule has 1 unspecified atom stereocenters. The van der Waals surface area contributed by atoms with Crippen LogP contribution in [0.15, 0.2) is 73.3 Å². The van der Waals surface area contributed by atoms with E-state index in [0.29, 0.717) is 16.6 Å². The Hall–Kier alpha value is -4.44. The topological polar surface area (TPSA) is 124 Å². The summed E-state index contributed by atoms with van der Waals surface area (Å²) >= 11 is 6.30. The van der Waals surface area contributed by atoms with Crippen molar-refractivity contribution in [1.82, 2.24) is 40.2 Å². The maximum atomic E-state index is 11.2. The highest BCUT2D eigenvalue weighted by Gasteiger charge is 2.29. The monoisotopic (exact) mass is 512 g/mol. The molecule has 0 amide bonds. The smallest absolute Gasteiger partial charge is 0.335 e.